The van der Waals surface area contributed by atoms with E-state index in [1.54, 1.807) is 17.9 Å². The van der Waals surface area contributed by atoms with E-state index in [1.807, 2.05) is 24.3 Å². The molecule has 0 amide bonds. The van der Waals surface area contributed by atoms with Gasteiger partial charge in [-0.25, -0.2) is 4.68 Å². The predicted octanol–water partition coefficient (Wildman–Crippen LogP) is 4.13. The van der Waals surface area contributed by atoms with Gasteiger partial charge < -0.3 is 14.8 Å². The standard InChI is InChI=1S/C20H22BrN5O2/c1-4-8-26-20(23-24-25-26)22-12-16-10-18(27-3)19(11-17(16)21)28-13-15-7-5-6-14(2)9-15/h4-7,9-11H,1,8,12-13H2,2-3H3,(H,22,23,25). The Labute approximate surface area is 172 Å². The molecule has 0 atom stereocenters. The highest BCUT2D eigenvalue weighted by Crippen LogP contribution is 2.34. The van der Waals surface area contributed by atoms with Gasteiger partial charge in [0.2, 0.25) is 5.95 Å². The molecule has 0 bridgehead atoms. The third-order valence-corrected chi connectivity index (χ3v) is 4.82. The second-order valence-electron chi connectivity index (χ2n) is 6.20. The fourth-order valence-corrected chi connectivity index (χ4v) is 3.16. The summed E-state index contributed by atoms with van der Waals surface area (Å²) in [5.74, 6) is 1.92. The minimum absolute atomic E-state index is 0.471. The van der Waals surface area contributed by atoms with Crippen LogP contribution in [0.15, 0.2) is 53.5 Å². The van der Waals surface area contributed by atoms with Gasteiger partial charge in [-0.1, -0.05) is 56.9 Å². The topological polar surface area (TPSA) is 74.1 Å². The minimum atomic E-state index is 0.471. The number of methoxy groups -OCH3 is 1. The van der Waals surface area contributed by atoms with Crippen LogP contribution in [0.2, 0.25) is 0 Å². The van der Waals surface area contributed by atoms with Crippen molar-refractivity contribution in [2.45, 2.75) is 26.6 Å². The molecule has 3 rings (SSSR count). The van der Waals surface area contributed by atoms with Crippen LogP contribution < -0.4 is 14.8 Å². The number of anilines is 1. The summed E-state index contributed by atoms with van der Waals surface area (Å²) in [5, 5.41) is 14.8. The highest BCUT2D eigenvalue weighted by molar-refractivity contribution is 9.10. The number of aryl methyl sites for hydroxylation is 1. The number of hydrogen-bond acceptors (Lipinski definition) is 6. The van der Waals surface area contributed by atoms with E-state index in [1.165, 1.54) is 5.56 Å². The molecule has 1 N–H and O–H groups in total. The maximum atomic E-state index is 5.98. The summed E-state index contributed by atoms with van der Waals surface area (Å²) in [6, 6.07) is 12.1. The van der Waals surface area contributed by atoms with E-state index in [0.29, 0.717) is 37.1 Å². The van der Waals surface area contributed by atoms with Gasteiger partial charge in [0.05, 0.1) is 13.7 Å². The largest absolute Gasteiger partial charge is 0.493 e. The van der Waals surface area contributed by atoms with Crippen LogP contribution in [-0.2, 0) is 19.7 Å². The van der Waals surface area contributed by atoms with Gasteiger partial charge in [0.1, 0.15) is 6.61 Å². The highest BCUT2D eigenvalue weighted by Gasteiger charge is 2.12. The number of tetrazole rings is 1. The summed E-state index contributed by atoms with van der Waals surface area (Å²) in [5.41, 5.74) is 3.31. The van der Waals surface area contributed by atoms with E-state index in [9.17, 15) is 0 Å². The van der Waals surface area contributed by atoms with E-state index in [0.717, 1.165) is 15.6 Å². The molecule has 0 aliphatic heterocycles. The van der Waals surface area contributed by atoms with Crippen molar-refractivity contribution in [3.8, 4) is 11.5 Å². The molecule has 7 nitrogen and oxygen atoms in total. The second-order valence-corrected chi connectivity index (χ2v) is 7.05. The summed E-state index contributed by atoms with van der Waals surface area (Å²) in [7, 11) is 1.63. The van der Waals surface area contributed by atoms with E-state index >= 15 is 0 Å². The molecule has 1 heterocycles. The number of ether oxygens (including phenoxy) is 2. The van der Waals surface area contributed by atoms with Gasteiger partial charge in [0.15, 0.2) is 11.5 Å². The monoisotopic (exact) mass is 443 g/mol. The van der Waals surface area contributed by atoms with Crippen LogP contribution in [0.4, 0.5) is 5.95 Å². The normalized spacial score (nSPS) is 10.5. The summed E-state index contributed by atoms with van der Waals surface area (Å²) >= 11 is 3.61. The van der Waals surface area contributed by atoms with Crippen molar-refractivity contribution < 1.29 is 9.47 Å². The first-order valence-corrected chi connectivity index (χ1v) is 9.55. The molecule has 0 aliphatic rings. The number of allylic oxidation sites excluding steroid dienone is 1. The number of rotatable bonds is 9. The molecule has 0 aliphatic carbocycles. The lowest BCUT2D eigenvalue weighted by atomic mass is 10.1. The molecule has 0 fully saturated rings. The summed E-state index contributed by atoms with van der Waals surface area (Å²) < 4.78 is 14.0. The summed E-state index contributed by atoms with van der Waals surface area (Å²) in [4.78, 5) is 0. The zero-order valence-electron chi connectivity index (χ0n) is 15.9. The van der Waals surface area contributed by atoms with Crippen molar-refractivity contribution in [2.75, 3.05) is 12.4 Å². The van der Waals surface area contributed by atoms with Crippen molar-refractivity contribution in [2.24, 2.45) is 0 Å². The predicted molar refractivity (Wildman–Crippen MR) is 112 cm³/mol. The molecule has 3 aromatic rings. The van der Waals surface area contributed by atoms with Gasteiger partial charge in [-0.3, -0.25) is 0 Å². The first-order valence-electron chi connectivity index (χ1n) is 8.76. The van der Waals surface area contributed by atoms with Crippen LogP contribution in [0.3, 0.4) is 0 Å². The average Bonchev–Trinajstić information content (AvgIpc) is 3.13. The van der Waals surface area contributed by atoms with Gasteiger partial charge >= 0.3 is 0 Å². The Morgan fingerprint density at radius 3 is 2.86 bits per heavy atom. The molecule has 0 unspecified atom stereocenters. The average molecular weight is 444 g/mol. The molecule has 0 saturated heterocycles. The van der Waals surface area contributed by atoms with Gasteiger partial charge in [-0.2, -0.15) is 0 Å². The minimum Gasteiger partial charge on any atom is -0.493 e. The fourth-order valence-electron chi connectivity index (χ4n) is 2.70. The van der Waals surface area contributed by atoms with Gasteiger partial charge in [0, 0.05) is 11.0 Å². The summed E-state index contributed by atoms with van der Waals surface area (Å²) in [6.07, 6.45) is 1.74. The van der Waals surface area contributed by atoms with Crippen molar-refractivity contribution in [1.82, 2.24) is 20.2 Å². The lowest BCUT2D eigenvalue weighted by Gasteiger charge is -2.15. The van der Waals surface area contributed by atoms with Gasteiger partial charge in [-0.05, 0) is 40.6 Å². The molecule has 0 saturated carbocycles. The summed E-state index contributed by atoms with van der Waals surface area (Å²) in [6.45, 7) is 7.29. The molecule has 2 aromatic carbocycles. The van der Waals surface area contributed by atoms with Crippen LogP contribution in [0.5, 0.6) is 11.5 Å². The molecular weight excluding hydrogens is 422 g/mol. The Bertz CT molecular complexity index is 958. The lowest BCUT2D eigenvalue weighted by Crippen LogP contribution is -2.09. The van der Waals surface area contributed by atoms with Crippen LogP contribution in [0.25, 0.3) is 0 Å². The first kappa shape index (κ1) is 19.9. The zero-order valence-corrected chi connectivity index (χ0v) is 17.4. The zero-order chi connectivity index (χ0) is 19.9. The quantitative estimate of drug-likeness (QED) is 0.501. The smallest absolute Gasteiger partial charge is 0.243 e. The van der Waals surface area contributed by atoms with Gasteiger partial charge in [0.25, 0.3) is 0 Å². The number of aromatic nitrogens is 4. The van der Waals surface area contributed by atoms with Crippen molar-refractivity contribution in [3.63, 3.8) is 0 Å². The third-order valence-electron chi connectivity index (χ3n) is 4.08. The van der Waals surface area contributed by atoms with Crippen molar-refractivity contribution in [1.29, 1.82) is 0 Å². The Balaban J connectivity index is 1.71. The third kappa shape index (κ3) is 4.89. The van der Waals surface area contributed by atoms with Crippen LogP contribution in [-0.4, -0.2) is 27.3 Å². The number of benzene rings is 2. The van der Waals surface area contributed by atoms with E-state index < -0.39 is 0 Å². The SMILES string of the molecule is C=CCn1nnnc1NCc1cc(OC)c(OCc2cccc(C)c2)cc1Br. The lowest BCUT2D eigenvalue weighted by molar-refractivity contribution is 0.284. The Kier molecular flexibility index (Phi) is 6.65. The molecule has 146 valence electrons. The van der Waals surface area contributed by atoms with E-state index in [4.69, 9.17) is 9.47 Å². The highest BCUT2D eigenvalue weighted by atomic mass is 79.9. The molecule has 0 radical (unpaired) electrons. The van der Waals surface area contributed by atoms with Crippen LogP contribution >= 0.6 is 15.9 Å². The van der Waals surface area contributed by atoms with Crippen LogP contribution in [0.1, 0.15) is 16.7 Å². The Morgan fingerprint density at radius 2 is 2.11 bits per heavy atom. The van der Waals surface area contributed by atoms with Gasteiger partial charge in [-0.15, -0.1) is 6.58 Å². The molecule has 0 spiro atoms. The maximum Gasteiger partial charge on any atom is 0.243 e. The van der Waals surface area contributed by atoms with Crippen molar-refractivity contribution >= 4 is 21.9 Å². The number of nitrogens with one attached hydrogen (secondary N) is 1. The molecule has 8 heteroatoms. The van der Waals surface area contributed by atoms with E-state index in [-0.39, 0.29) is 0 Å². The molecule has 28 heavy (non-hydrogen) atoms. The maximum absolute atomic E-state index is 5.98. The Morgan fingerprint density at radius 1 is 1.25 bits per heavy atom. The van der Waals surface area contributed by atoms with E-state index in [2.05, 4.69) is 62.4 Å². The van der Waals surface area contributed by atoms with Crippen LogP contribution in [0, 0.1) is 6.92 Å². The number of hydrogen-bond donors (Lipinski definition) is 1. The Hall–Kier alpha value is -2.87. The fraction of sp³-hybridized carbons (Fsp3) is 0.250. The first-order chi connectivity index (χ1) is 13.6. The van der Waals surface area contributed by atoms with Crippen molar-refractivity contribution in [3.05, 3.63) is 70.2 Å². The number of nitrogens with zero attached hydrogens (tertiary/aromatic N) is 4. The number of halogens is 1. The molecular formula is C20H22BrN5O2. The second kappa shape index (κ2) is 9.36. The molecule has 1 aromatic heterocycles.